The van der Waals surface area contributed by atoms with Crippen LogP contribution in [0.15, 0.2) is 5.38 Å². The van der Waals surface area contributed by atoms with E-state index in [0.29, 0.717) is 0 Å². The van der Waals surface area contributed by atoms with Crippen molar-refractivity contribution in [1.82, 2.24) is 15.2 Å². The molecular weight excluding hydrogens is 218 g/mol. The van der Waals surface area contributed by atoms with E-state index in [1.807, 2.05) is 0 Å². The van der Waals surface area contributed by atoms with E-state index in [0.717, 1.165) is 25.3 Å². The van der Waals surface area contributed by atoms with Crippen LogP contribution < -0.4 is 5.32 Å². The molecule has 0 spiro atoms. The van der Waals surface area contributed by atoms with Gasteiger partial charge in [-0.15, -0.1) is 11.3 Å². The molecule has 0 aliphatic carbocycles. The van der Waals surface area contributed by atoms with Crippen molar-refractivity contribution in [3.05, 3.63) is 16.1 Å². The molecule has 0 radical (unpaired) electrons. The van der Waals surface area contributed by atoms with Crippen LogP contribution in [0.5, 0.6) is 0 Å². The van der Waals surface area contributed by atoms with Gasteiger partial charge in [0.15, 0.2) is 0 Å². The Balaban J connectivity index is 1.98. The predicted octanol–water partition coefficient (Wildman–Crippen LogP) is 2.03. The minimum atomic E-state index is 0.225. The molecule has 1 aromatic rings. The van der Waals surface area contributed by atoms with E-state index in [4.69, 9.17) is 0 Å². The predicted molar refractivity (Wildman–Crippen MR) is 68.8 cm³/mol. The molecule has 1 saturated heterocycles. The van der Waals surface area contributed by atoms with Crippen LogP contribution in [0.25, 0.3) is 0 Å². The number of nitrogens with zero attached hydrogens (tertiary/aromatic N) is 2. The Morgan fingerprint density at radius 1 is 1.56 bits per heavy atom. The third-order valence-corrected chi connectivity index (χ3v) is 3.85. The summed E-state index contributed by atoms with van der Waals surface area (Å²) in [6.07, 6.45) is 1.23. The first kappa shape index (κ1) is 12.0. The van der Waals surface area contributed by atoms with Gasteiger partial charge < -0.3 is 5.32 Å². The van der Waals surface area contributed by atoms with Crippen molar-refractivity contribution in [2.45, 2.75) is 39.3 Å². The van der Waals surface area contributed by atoms with E-state index < -0.39 is 0 Å². The van der Waals surface area contributed by atoms with Gasteiger partial charge in [-0.1, -0.05) is 0 Å². The smallest absolute Gasteiger partial charge is 0.107 e. The van der Waals surface area contributed by atoms with Crippen molar-refractivity contribution in [2.75, 3.05) is 19.6 Å². The second-order valence-electron chi connectivity index (χ2n) is 5.26. The zero-order chi connectivity index (χ0) is 11.6. The molecule has 4 heteroatoms. The lowest BCUT2D eigenvalue weighted by molar-refractivity contribution is 0.223. The summed E-state index contributed by atoms with van der Waals surface area (Å²) < 4.78 is 0. The molecule has 1 aromatic heterocycles. The first-order valence-electron chi connectivity index (χ1n) is 5.94. The molecule has 1 fully saturated rings. The van der Waals surface area contributed by atoms with Crippen molar-refractivity contribution >= 4 is 11.3 Å². The molecule has 0 aromatic carbocycles. The van der Waals surface area contributed by atoms with Crippen LogP contribution in [-0.4, -0.2) is 35.1 Å². The summed E-state index contributed by atoms with van der Waals surface area (Å²) in [6.45, 7) is 11.0. The van der Waals surface area contributed by atoms with Gasteiger partial charge in [-0.05, 0) is 40.3 Å². The van der Waals surface area contributed by atoms with Crippen LogP contribution in [0.2, 0.25) is 0 Å². The number of nitrogens with one attached hydrogen (secondary N) is 1. The Hall–Kier alpha value is -0.450. The summed E-state index contributed by atoms with van der Waals surface area (Å²) in [4.78, 5) is 7.05. The average molecular weight is 239 g/mol. The van der Waals surface area contributed by atoms with E-state index >= 15 is 0 Å². The van der Waals surface area contributed by atoms with Crippen LogP contribution >= 0.6 is 11.3 Å². The van der Waals surface area contributed by atoms with Gasteiger partial charge in [-0.3, -0.25) is 4.90 Å². The monoisotopic (exact) mass is 239 g/mol. The molecule has 0 atom stereocenters. The second kappa shape index (κ2) is 4.82. The quantitative estimate of drug-likeness (QED) is 0.856. The molecule has 90 valence electrons. The van der Waals surface area contributed by atoms with E-state index in [-0.39, 0.29) is 5.54 Å². The van der Waals surface area contributed by atoms with Crippen molar-refractivity contribution < 1.29 is 0 Å². The highest BCUT2D eigenvalue weighted by atomic mass is 32.1. The van der Waals surface area contributed by atoms with Crippen molar-refractivity contribution in [2.24, 2.45) is 0 Å². The Kier molecular flexibility index (Phi) is 3.62. The Labute approximate surface area is 102 Å². The molecular formula is C12H21N3S. The zero-order valence-electron chi connectivity index (χ0n) is 10.4. The van der Waals surface area contributed by atoms with Gasteiger partial charge in [0.05, 0.1) is 6.54 Å². The van der Waals surface area contributed by atoms with Crippen LogP contribution in [-0.2, 0) is 6.54 Å². The summed E-state index contributed by atoms with van der Waals surface area (Å²) >= 11 is 1.78. The van der Waals surface area contributed by atoms with Crippen molar-refractivity contribution in [1.29, 1.82) is 0 Å². The maximum atomic E-state index is 4.54. The summed E-state index contributed by atoms with van der Waals surface area (Å²) in [6, 6.07) is 0. The van der Waals surface area contributed by atoms with Gasteiger partial charge in [0.2, 0.25) is 0 Å². The number of aromatic nitrogens is 1. The van der Waals surface area contributed by atoms with Crippen LogP contribution in [0.3, 0.4) is 0 Å². The zero-order valence-corrected chi connectivity index (χ0v) is 11.2. The van der Waals surface area contributed by atoms with Gasteiger partial charge in [0.25, 0.3) is 0 Å². The minimum Gasteiger partial charge on any atom is -0.310 e. The molecule has 3 nitrogen and oxygen atoms in total. The molecule has 1 N–H and O–H groups in total. The standard InChI is InChI=1S/C12H21N3S/c1-10-8-16-11(14-10)7-15-6-4-5-13-12(2,3)9-15/h8,13H,4-7,9H2,1-3H3. The fourth-order valence-corrected chi connectivity index (χ4v) is 3.04. The Morgan fingerprint density at radius 3 is 3.06 bits per heavy atom. The third kappa shape index (κ3) is 3.27. The first-order valence-corrected chi connectivity index (χ1v) is 6.81. The second-order valence-corrected chi connectivity index (χ2v) is 6.20. The van der Waals surface area contributed by atoms with E-state index in [2.05, 4.69) is 41.4 Å². The fraction of sp³-hybridized carbons (Fsp3) is 0.750. The van der Waals surface area contributed by atoms with Gasteiger partial charge in [0, 0.05) is 23.2 Å². The average Bonchev–Trinajstić information content (AvgIpc) is 2.49. The molecule has 2 heterocycles. The van der Waals surface area contributed by atoms with Gasteiger partial charge in [-0.25, -0.2) is 4.98 Å². The Bertz CT molecular complexity index is 346. The highest BCUT2D eigenvalue weighted by molar-refractivity contribution is 7.09. The minimum absolute atomic E-state index is 0.225. The van der Waals surface area contributed by atoms with Crippen LogP contribution in [0.4, 0.5) is 0 Å². The van der Waals surface area contributed by atoms with Gasteiger partial charge >= 0.3 is 0 Å². The third-order valence-electron chi connectivity index (χ3n) is 2.90. The van der Waals surface area contributed by atoms with E-state index in [1.165, 1.54) is 18.0 Å². The highest BCUT2D eigenvalue weighted by Crippen LogP contribution is 2.16. The fourth-order valence-electron chi connectivity index (χ4n) is 2.22. The topological polar surface area (TPSA) is 28.2 Å². The molecule has 0 bridgehead atoms. The SMILES string of the molecule is Cc1csc(CN2CCCNC(C)(C)C2)n1. The van der Waals surface area contributed by atoms with Crippen LogP contribution in [0, 0.1) is 6.92 Å². The number of hydrogen-bond donors (Lipinski definition) is 1. The number of thiazole rings is 1. The summed E-state index contributed by atoms with van der Waals surface area (Å²) in [5.41, 5.74) is 1.37. The largest absolute Gasteiger partial charge is 0.310 e. The number of hydrogen-bond acceptors (Lipinski definition) is 4. The lowest BCUT2D eigenvalue weighted by Gasteiger charge is -2.29. The summed E-state index contributed by atoms with van der Waals surface area (Å²) in [5.74, 6) is 0. The number of rotatable bonds is 2. The molecule has 0 amide bonds. The molecule has 1 aliphatic rings. The summed E-state index contributed by atoms with van der Waals surface area (Å²) in [5, 5.41) is 6.96. The maximum absolute atomic E-state index is 4.54. The molecule has 0 saturated carbocycles. The van der Waals surface area contributed by atoms with Crippen molar-refractivity contribution in [3.8, 4) is 0 Å². The highest BCUT2D eigenvalue weighted by Gasteiger charge is 2.24. The van der Waals surface area contributed by atoms with Gasteiger partial charge in [0.1, 0.15) is 5.01 Å². The maximum Gasteiger partial charge on any atom is 0.107 e. The lowest BCUT2D eigenvalue weighted by atomic mass is 10.1. The molecule has 0 unspecified atom stereocenters. The summed E-state index contributed by atoms with van der Waals surface area (Å²) in [7, 11) is 0. The normalized spacial score (nSPS) is 21.9. The molecule has 1 aliphatic heterocycles. The van der Waals surface area contributed by atoms with Crippen molar-refractivity contribution in [3.63, 3.8) is 0 Å². The molecule has 16 heavy (non-hydrogen) atoms. The van der Waals surface area contributed by atoms with Gasteiger partial charge in [-0.2, -0.15) is 0 Å². The number of aryl methyl sites for hydroxylation is 1. The van der Waals surface area contributed by atoms with E-state index in [1.54, 1.807) is 11.3 Å². The van der Waals surface area contributed by atoms with E-state index in [9.17, 15) is 0 Å². The lowest BCUT2D eigenvalue weighted by Crippen LogP contribution is -2.46. The molecule has 2 rings (SSSR count). The van der Waals surface area contributed by atoms with Crippen LogP contribution in [0.1, 0.15) is 31.0 Å². The first-order chi connectivity index (χ1) is 7.55. The Morgan fingerprint density at radius 2 is 2.38 bits per heavy atom.